The van der Waals surface area contributed by atoms with Crippen LogP contribution in [0.25, 0.3) is 111 Å². The highest BCUT2D eigenvalue weighted by Crippen LogP contribution is 2.40. The van der Waals surface area contributed by atoms with Gasteiger partial charge in [0, 0.05) is 49.1 Å². The minimum atomic E-state index is 0.556. The number of hydrogen-bond acceptors (Lipinski definition) is 4. The Hall–Kier alpha value is -7.83. The summed E-state index contributed by atoms with van der Waals surface area (Å²) in [7, 11) is 0. The van der Waals surface area contributed by atoms with E-state index in [0.717, 1.165) is 88.1 Å². The van der Waals surface area contributed by atoms with Crippen LogP contribution in [0.15, 0.2) is 192 Å². The molecule has 0 aliphatic heterocycles. The normalized spacial score (nSPS) is 11.9. The minimum Gasteiger partial charge on any atom is -0.456 e. The van der Waals surface area contributed by atoms with E-state index in [-0.39, 0.29) is 0 Å². The molecule has 12 aromatic rings. The molecule has 0 unspecified atom stereocenters. The van der Waals surface area contributed by atoms with Crippen LogP contribution in [0.1, 0.15) is 0 Å². The molecular formula is C51H31N5O. The SMILES string of the molecule is c1ccc(-c2ccc(-c3nc(-c4ccc5c(c4)oc4cc6c7ccccc7n(-c7ccccc7)c6cc45)nc(-n4c5ccccc5c5ccccc54)n3)cc2)cc1. The van der Waals surface area contributed by atoms with Gasteiger partial charge in [-0.25, -0.2) is 4.98 Å². The van der Waals surface area contributed by atoms with Gasteiger partial charge in [0.2, 0.25) is 5.95 Å². The average molecular weight is 730 g/mol. The molecule has 0 radical (unpaired) electrons. The van der Waals surface area contributed by atoms with Crippen LogP contribution in [-0.2, 0) is 0 Å². The fourth-order valence-corrected chi connectivity index (χ4v) is 8.54. The molecule has 0 spiro atoms. The third-order valence-electron chi connectivity index (χ3n) is 11.2. The van der Waals surface area contributed by atoms with Gasteiger partial charge < -0.3 is 8.98 Å². The lowest BCUT2D eigenvalue weighted by molar-refractivity contribution is 0.669. The molecule has 266 valence electrons. The van der Waals surface area contributed by atoms with Crippen LogP contribution >= 0.6 is 0 Å². The monoisotopic (exact) mass is 729 g/mol. The number of benzene rings is 8. The van der Waals surface area contributed by atoms with E-state index in [0.29, 0.717) is 17.6 Å². The Bertz CT molecular complexity index is 3450. The Kier molecular flexibility index (Phi) is 6.83. The van der Waals surface area contributed by atoms with Crippen LogP contribution in [0.4, 0.5) is 0 Å². The molecule has 57 heavy (non-hydrogen) atoms. The summed E-state index contributed by atoms with van der Waals surface area (Å²) in [6.07, 6.45) is 0. The zero-order chi connectivity index (χ0) is 37.5. The van der Waals surface area contributed by atoms with Crippen molar-refractivity contribution < 1.29 is 4.42 Å². The van der Waals surface area contributed by atoms with Crippen LogP contribution in [-0.4, -0.2) is 24.1 Å². The van der Waals surface area contributed by atoms with Crippen molar-refractivity contribution in [3.63, 3.8) is 0 Å². The van der Waals surface area contributed by atoms with Crippen LogP contribution in [0, 0.1) is 0 Å². The standard InChI is InChI=1S/C51H31N5O/c1-3-13-32(14-4-1)33-23-25-34(26-24-33)49-52-50(54-51(53-49)56-44-21-11-7-17-37(44)38-18-8-12-22-45(38)56)35-27-28-40-42-30-46-41(31-48(42)57-47(40)29-35)39-19-9-10-20-43(39)55(46)36-15-5-2-6-16-36/h1-31H. The zero-order valence-electron chi connectivity index (χ0n) is 30.5. The van der Waals surface area contributed by atoms with Gasteiger partial charge >= 0.3 is 0 Å². The van der Waals surface area contributed by atoms with E-state index >= 15 is 0 Å². The molecule has 0 saturated carbocycles. The third kappa shape index (κ3) is 4.94. The summed E-state index contributed by atoms with van der Waals surface area (Å²) in [6.45, 7) is 0. The fraction of sp³-hybridized carbons (Fsp3) is 0. The van der Waals surface area contributed by atoms with Crippen LogP contribution in [0.2, 0.25) is 0 Å². The Balaban J connectivity index is 1.05. The third-order valence-corrected chi connectivity index (χ3v) is 11.2. The topological polar surface area (TPSA) is 61.7 Å². The molecule has 0 saturated heterocycles. The van der Waals surface area contributed by atoms with Crippen LogP contribution in [0.5, 0.6) is 0 Å². The predicted octanol–water partition coefficient (Wildman–Crippen LogP) is 13.0. The fourth-order valence-electron chi connectivity index (χ4n) is 8.54. The van der Waals surface area contributed by atoms with Gasteiger partial charge in [-0.3, -0.25) is 4.57 Å². The lowest BCUT2D eigenvalue weighted by Crippen LogP contribution is -2.06. The summed E-state index contributed by atoms with van der Waals surface area (Å²) in [6, 6.07) is 65.5. The maximum absolute atomic E-state index is 6.69. The Morgan fingerprint density at radius 1 is 0.316 bits per heavy atom. The van der Waals surface area contributed by atoms with Gasteiger partial charge in [-0.15, -0.1) is 0 Å². The molecule has 0 atom stereocenters. The largest absolute Gasteiger partial charge is 0.456 e. The van der Waals surface area contributed by atoms with E-state index in [1.54, 1.807) is 0 Å². The Morgan fingerprint density at radius 3 is 1.51 bits per heavy atom. The van der Waals surface area contributed by atoms with Crippen LogP contribution < -0.4 is 0 Å². The number of fused-ring (bicyclic) bond motifs is 9. The molecule has 12 rings (SSSR count). The van der Waals surface area contributed by atoms with Gasteiger partial charge in [-0.05, 0) is 65.7 Å². The second-order valence-corrected chi connectivity index (χ2v) is 14.5. The summed E-state index contributed by atoms with van der Waals surface area (Å²) >= 11 is 0. The molecule has 0 fully saturated rings. The molecule has 4 aromatic heterocycles. The van der Waals surface area contributed by atoms with Crippen molar-refractivity contribution in [1.82, 2.24) is 24.1 Å². The average Bonchev–Trinajstić information content (AvgIpc) is 3.93. The smallest absolute Gasteiger partial charge is 0.238 e. The second kappa shape index (κ2) is 12.3. The van der Waals surface area contributed by atoms with Crippen molar-refractivity contribution in [3.8, 4) is 45.5 Å². The number of nitrogens with zero attached hydrogens (tertiary/aromatic N) is 5. The first-order valence-corrected chi connectivity index (χ1v) is 19.1. The van der Waals surface area contributed by atoms with Gasteiger partial charge in [0.25, 0.3) is 0 Å². The molecule has 6 nitrogen and oxygen atoms in total. The lowest BCUT2D eigenvalue weighted by atomic mass is 10.0. The van der Waals surface area contributed by atoms with Gasteiger partial charge in [0.1, 0.15) is 11.2 Å². The summed E-state index contributed by atoms with van der Waals surface area (Å²) in [4.78, 5) is 15.5. The molecule has 8 aromatic carbocycles. The predicted molar refractivity (Wildman–Crippen MR) is 232 cm³/mol. The van der Waals surface area contributed by atoms with Crippen LogP contribution in [0.3, 0.4) is 0 Å². The van der Waals surface area contributed by atoms with Crippen molar-refractivity contribution in [2.24, 2.45) is 0 Å². The number of hydrogen-bond donors (Lipinski definition) is 0. The summed E-state index contributed by atoms with van der Waals surface area (Å²) < 4.78 is 11.2. The summed E-state index contributed by atoms with van der Waals surface area (Å²) in [5.41, 5.74) is 11.2. The van der Waals surface area contributed by atoms with E-state index in [1.165, 1.54) is 5.39 Å². The van der Waals surface area contributed by atoms with Gasteiger partial charge in [-0.1, -0.05) is 133 Å². The van der Waals surface area contributed by atoms with Crippen molar-refractivity contribution in [2.75, 3.05) is 0 Å². The highest BCUT2D eigenvalue weighted by Gasteiger charge is 2.20. The first kappa shape index (κ1) is 31.5. The first-order chi connectivity index (χ1) is 28.2. The Morgan fingerprint density at radius 2 is 0.825 bits per heavy atom. The van der Waals surface area contributed by atoms with E-state index in [1.807, 2.05) is 6.07 Å². The lowest BCUT2D eigenvalue weighted by Gasteiger charge is -2.11. The Labute approximate surface area is 326 Å². The number of furan rings is 1. The van der Waals surface area contributed by atoms with Gasteiger partial charge in [0.05, 0.1) is 22.1 Å². The highest BCUT2D eigenvalue weighted by atomic mass is 16.3. The van der Waals surface area contributed by atoms with E-state index in [9.17, 15) is 0 Å². The highest BCUT2D eigenvalue weighted by molar-refractivity contribution is 6.17. The molecule has 6 heteroatoms. The van der Waals surface area contributed by atoms with E-state index < -0.39 is 0 Å². The van der Waals surface area contributed by atoms with E-state index in [2.05, 4.69) is 191 Å². The van der Waals surface area contributed by atoms with Gasteiger partial charge in [0.15, 0.2) is 11.6 Å². The molecule has 0 amide bonds. The zero-order valence-corrected chi connectivity index (χ0v) is 30.5. The molecule has 0 bridgehead atoms. The van der Waals surface area contributed by atoms with Crippen molar-refractivity contribution in [2.45, 2.75) is 0 Å². The van der Waals surface area contributed by atoms with E-state index in [4.69, 9.17) is 19.4 Å². The van der Waals surface area contributed by atoms with Crippen molar-refractivity contribution in [1.29, 1.82) is 0 Å². The maximum Gasteiger partial charge on any atom is 0.238 e. The quantitative estimate of drug-likeness (QED) is 0.177. The molecule has 0 N–H and O–H groups in total. The number of rotatable bonds is 5. The summed E-state index contributed by atoms with van der Waals surface area (Å²) in [5.74, 6) is 1.72. The van der Waals surface area contributed by atoms with Crippen molar-refractivity contribution >= 4 is 65.6 Å². The van der Waals surface area contributed by atoms with Crippen molar-refractivity contribution in [3.05, 3.63) is 188 Å². The first-order valence-electron chi connectivity index (χ1n) is 19.1. The molecule has 0 aliphatic rings. The molecule has 4 heterocycles. The number of aromatic nitrogens is 5. The molecular weight excluding hydrogens is 699 g/mol. The molecule has 0 aliphatic carbocycles. The number of para-hydroxylation sites is 4. The minimum absolute atomic E-state index is 0.556. The summed E-state index contributed by atoms with van der Waals surface area (Å²) in [5, 5.41) is 6.73. The second-order valence-electron chi connectivity index (χ2n) is 14.5. The van der Waals surface area contributed by atoms with Gasteiger partial charge in [-0.2, -0.15) is 9.97 Å². The maximum atomic E-state index is 6.69.